The van der Waals surface area contributed by atoms with E-state index in [1.165, 1.54) is 14.2 Å². The van der Waals surface area contributed by atoms with Gasteiger partial charge in [-0.25, -0.2) is 4.79 Å². The first-order valence-electron chi connectivity index (χ1n) is 7.34. The van der Waals surface area contributed by atoms with Crippen molar-refractivity contribution in [3.63, 3.8) is 0 Å². The van der Waals surface area contributed by atoms with Gasteiger partial charge in [0.1, 0.15) is 0 Å². The van der Waals surface area contributed by atoms with Crippen molar-refractivity contribution in [2.24, 2.45) is 11.3 Å². The van der Waals surface area contributed by atoms with Crippen LogP contribution in [0, 0.1) is 11.3 Å². The van der Waals surface area contributed by atoms with Crippen molar-refractivity contribution in [1.82, 2.24) is 5.32 Å². The van der Waals surface area contributed by atoms with Crippen molar-refractivity contribution in [1.29, 1.82) is 0 Å². The number of alkyl halides is 1. The van der Waals surface area contributed by atoms with Crippen molar-refractivity contribution in [3.05, 3.63) is 0 Å². The molecule has 5 nitrogen and oxygen atoms in total. The number of methoxy groups -OCH3 is 2. The molecule has 1 aliphatic rings. The van der Waals surface area contributed by atoms with E-state index >= 15 is 0 Å². The third kappa shape index (κ3) is 4.58. The predicted octanol–water partition coefficient (Wildman–Crippen LogP) is 2.46. The molecule has 1 saturated carbocycles. The molecular formula is C15H26ClNO4. The number of ether oxygens (including phenoxy) is 2. The van der Waals surface area contributed by atoms with Gasteiger partial charge in [0, 0.05) is 25.3 Å². The predicted molar refractivity (Wildman–Crippen MR) is 81.0 cm³/mol. The molecule has 0 spiro atoms. The summed E-state index contributed by atoms with van der Waals surface area (Å²) in [6.07, 6.45) is 3.67. The second kappa shape index (κ2) is 7.45. The number of hydrogen-bond acceptors (Lipinski definition) is 4. The molecule has 21 heavy (non-hydrogen) atoms. The zero-order chi connectivity index (χ0) is 16.1. The third-order valence-electron chi connectivity index (χ3n) is 4.18. The maximum atomic E-state index is 12.3. The van der Waals surface area contributed by atoms with Crippen LogP contribution >= 0.6 is 11.6 Å². The van der Waals surface area contributed by atoms with Crippen LogP contribution in [0.4, 0.5) is 0 Å². The van der Waals surface area contributed by atoms with Gasteiger partial charge in [0.25, 0.3) is 0 Å². The van der Waals surface area contributed by atoms with E-state index in [4.69, 9.17) is 21.1 Å². The van der Waals surface area contributed by atoms with Crippen LogP contribution in [0.25, 0.3) is 0 Å². The molecule has 1 N–H and O–H groups in total. The van der Waals surface area contributed by atoms with Crippen LogP contribution in [-0.4, -0.2) is 37.7 Å². The van der Waals surface area contributed by atoms with E-state index < -0.39 is 11.7 Å². The molecule has 0 aromatic heterocycles. The number of rotatable bonds is 9. The molecule has 1 rings (SSSR count). The summed E-state index contributed by atoms with van der Waals surface area (Å²) in [4.78, 5) is 24.4. The van der Waals surface area contributed by atoms with Crippen LogP contribution in [0.2, 0.25) is 0 Å². The number of carbonyl (C=O) groups is 2. The fraction of sp³-hybridized carbons (Fsp3) is 0.867. The lowest BCUT2D eigenvalue weighted by Gasteiger charge is -2.30. The van der Waals surface area contributed by atoms with Crippen molar-refractivity contribution < 1.29 is 19.1 Å². The summed E-state index contributed by atoms with van der Waals surface area (Å²) in [5.74, 6) is -0.201. The summed E-state index contributed by atoms with van der Waals surface area (Å²) in [6, 6.07) is 0. The zero-order valence-electron chi connectivity index (χ0n) is 13.3. The lowest BCUT2D eigenvalue weighted by Crippen LogP contribution is -2.57. The van der Waals surface area contributed by atoms with Gasteiger partial charge >= 0.3 is 5.97 Å². The molecule has 0 radical (unpaired) electrons. The average molecular weight is 320 g/mol. The Hall–Kier alpha value is -0.810. The first-order valence-corrected chi connectivity index (χ1v) is 7.88. The van der Waals surface area contributed by atoms with E-state index in [9.17, 15) is 9.59 Å². The van der Waals surface area contributed by atoms with E-state index in [-0.39, 0.29) is 17.2 Å². The SMILES string of the molecule is COC(=O)C(CCCCCCl)(NC(=O)C1CC1(C)C)OC. The molecule has 0 bridgehead atoms. The van der Waals surface area contributed by atoms with E-state index in [1.807, 2.05) is 13.8 Å². The highest BCUT2D eigenvalue weighted by Gasteiger charge is 2.53. The average Bonchev–Trinajstić information content (AvgIpc) is 3.10. The van der Waals surface area contributed by atoms with Crippen molar-refractivity contribution in [3.8, 4) is 0 Å². The summed E-state index contributed by atoms with van der Waals surface area (Å²) in [7, 11) is 2.71. The summed E-state index contributed by atoms with van der Waals surface area (Å²) in [5, 5.41) is 2.76. The Morgan fingerprint density at radius 1 is 1.29 bits per heavy atom. The van der Waals surface area contributed by atoms with Crippen LogP contribution in [-0.2, 0) is 19.1 Å². The van der Waals surface area contributed by atoms with Gasteiger partial charge in [-0.15, -0.1) is 11.6 Å². The molecule has 1 aliphatic carbocycles. The molecule has 122 valence electrons. The molecule has 1 fully saturated rings. The second-order valence-corrected chi connectivity index (χ2v) is 6.63. The van der Waals surface area contributed by atoms with Gasteiger partial charge in [-0.05, 0) is 24.7 Å². The van der Waals surface area contributed by atoms with Crippen molar-refractivity contribution in [2.75, 3.05) is 20.1 Å². The van der Waals surface area contributed by atoms with Gasteiger partial charge in [-0.1, -0.05) is 20.3 Å². The first kappa shape index (κ1) is 18.2. The minimum atomic E-state index is -1.39. The highest BCUT2D eigenvalue weighted by molar-refractivity contribution is 6.17. The fourth-order valence-corrected chi connectivity index (χ4v) is 2.65. The number of hydrogen-bond donors (Lipinski definition) is 1. The maximum Gasteiger partial charge on any atom is 0.359 e. The Balaban J connectivity index is 2.71. The smallest absolute Gasteiger partial charge is 0.359 e. The number of halogens is 1. The Morgan fingerprint density at radius 2 is 1.90 bits per heavy atom. The zero-order valence-corrected chi connectivity index (χ0v) is 14.1. The normalized spacial score (nSPS) is 22.2. The Labute approximate surface area is 131 Å². The molecule has 0 aromatic carbocycles. The monoisotopic (exact) mass is 319 g/mol. The van der Waals surface area contributed by atoms with Gasteiger partial charge in [0.2, 0.25) is 11.6 Å². The molecule has 0 heterocycles. The highest BCUT2D eigenvalue weighted by Crippen LogP contribution is 2.51. The van der Waals surface area contributed by atoms with Crippen LogP contribution in [0.15, 0.2) is 0 Å². The minimum Gasteiger partial charge on any atom is -0.465 e. The fourth-order valence-electron chi connectivity index (χ4n) is 2.46. The first-order chi connectivity index (χ1) is 9.83. The molecule has 2 atom stereocenters. The summed E-state index contributed by atoms with van der Waals surface area (Å²) >= 11 is 5.65. The summed E-state index contributed by atoms with van der Waals surface area (Å²) in [6.45, 7) is 4.06. The highest BCUT2D eigenvalue weighted by atomic mass is 35.5. The van der Waals surface area contributed by atoms with Crippen molar-refractivity contribution in [2.45, 2.75) is 51.7 Å². The van der Waals surface area contributed by atoms with Gasteiger partial charge in [0.15, 0.2) is 0 Å². The molecule has 0 aromatic rings. The molecular weight excluding hydrogens is 294 g/mol. The van der Waals surface area contributed by atoms with E-state index in [1.54, 1.807) is 0 Å². The van der Waals surface area contributed by atoms with E-state index in [2.05, 4.69) is 5.32 Å². The van der Waals surface area contributed by atoms with Crippen LogP contribution in [0.1, 0.15) is 46.0 Å². The van der Waals surface area contributed by atoms with Gasteiger partial charge in [-0.3, -0.25) is 4.79 Å². The topological polar surface area (TPSA) is 64.6 Å². The molecule has 0 saturated heterocycles. The molecule has 2 unspecified atom stereocenters. The van der Waals surface area contributed by atoms with E-state index in [0.717, 1.165) is 25.7 Å². The van der Waals surface area contributed by atoms with Crippen LogP contribution < -0.4 is 5.32 Å². The lowest BCUT2D eigenvalue weighted by molar-refractivity contribution is -0.175. The summed E-state index contributed by atoms with van der Waals surface area (Å²) < 4.78 is 10.2. The Bertz CT molecular complexity index is 386. The molecule has 0 aliphatic heterocycles. The van der Waals surface area contributed by atoms with Gasteiger partial charge in [0.05, 0.1) is 7.11 Å². The maximum absolute atomic E-state index is 12.3. The summed E-state index contributed by atoms with van der Waals surface area (Å²) in [5.41, 5.74) is -1.39. The van der Waals surface area contributed by atoms with Gasteiger partial charge in [-0.2, -0.15) is 0 Å². The number of unbranched alkanes of at least 4 members (excludes halogenated alkanes) is 2. The molecule has 6 heteroatoms. The van der Waals surface area contributed by atoms with Gasteiger partial charge < -0.3 is 14.8 Å². The largest absolute Gasteiger partial charge is 0.465 e. The second-order valence-electron chi connectivity index (χ2n) is 6.26. The number of nitrogens with one attached hydrogen (secondary N) is 1. The lowest BCUT2D eigenvalue weighted by atomic mass is 10.0. The Morgan fingerprint density at radius 3 is 2.33 bits per heavy atom. The van der Waals surface area contributed by atoms with Crippen LogP contribution in [0.5, 0.6) is 0 Å². The van der Waals surface area contributed by atoms with E-state index in [0.29, 0.717) is 12.3 Å². The third-order valence-corrected chi connectivity index (χ3v) is 4.45. The van der Waals surface area contributed by atoms with Crippen molar-refractivity contribution >= 4 is 23.5 Å². The number of amides is 1. The van der Waals surface area contributed by atoms with Crippen LogP contribution in [0.3, 0.4) is 0 Å². The quantitative estimate of drug-likeness (QED) is 0.307. The standard InChI is InChI=1S/C15H26ClNO4/c1-14(2)10-11(14)12(18)17-15(21-4,13(19)20-3)8-6-5-7-9-16/h11H,5-10H2,1-4H3,(H,17,18). The number of esters is 1. The molecule has 1 amide bonds. The number of carbonyl (C=O) groups excluding carboxylic acids is 2. The Kier molecular flexibility index (Phi) is 6.47. The minimum absolute atomic E-state index is 0.00168.